The molecule has 2 aromatic rings. The number of nitrogens with zero attached hydrogens (tertiary/aromatic N) is 2. The van der Waals surface area contributed by atoms with Crippen molar-refractivity contribution in [1.29, 1.82) is 0 Å². The molecule has 1 atom stereocenters. The van der Waals surface area contributed by atoms with Crippen LogP contribution in [0.4, 0.5) is 0 Å². The third-order valence-corrected chi connectivity index (χ3v) is 3.22. The Kier molecular flexibility index (Phi) is 3.03. The second-order valence-corrected chi connectivity index (χ2v) is 4.84. The molecule has 0 unspecified atom stereocenters. The normalized spacial score (nSPS) is 16.1. The fraction of sp³-hybridized carbons (Fsp3) is 0.357. The Balaban J connectivity index is 1.66. The minimum absolute atomic E-state index is 0.158. The summed E-state index contributed by atoms with van der Waals surface area (Å²) in [5.74, 6) is 1.05. The van der Waals surface area contributed by atoms with Crippen LogP contribution in [0, 0.1) is 0 Å². The van der Waals surface area contributed by atoms with Gasteiger partial charge in [0.25, 0.3) is 5.91 Å². The molecule has 98 valence electrons. The van der Waals surface area contributed by atoms with Crippen LogP contribution < -0.4 is 5.32 Å². The van der Waals surface area contributed by atoms with Crippen LogP contribution in [-0.4, -0.2) is 16.0 Å². The predicted octanol–water partition coefficient (Wildman–Crippen LogP) is 2.44. The molecule has 5 nitrogen and oxygen atoms in total. The molecule has 0 spiro atoms. The summed E-state index contributed by atoms with van der Waals surface area (Å²) in [5, 5.41) is 6.68. The van der Waals surface area contributed by atoms with Gasteiger partial charge in [-0.05, 0) is 31.9 Å². The smallest absolute Gasteiger partial charge is 0.273 e. The van der Waals surface area contributed by atoms with E-state index in [2.05, 4.69) is 15.5 Å². The second-order valence-electron chi connectivity index (χ2n) is 4.84. The maximum atomic E-state index is 12.0. The molecule has 1 N–H and O–H groups in total. The van der Waals surface area contributed by atoms with Crippen LogP contribution in [0.15, 0.2) is 35.0 Å². The lowest BCUT2D eigenvalue weighted by Gasteiger charge is -2.11. The fourth-order valence-corrected chi connectivity index (χ4v) is 1.93. The van der Waals surface area contributed by atoms with Crippen LogP contribution >= 0.6 is 0 Å². The van der Waals surface area contributed by atoms with Gasteiger partial charge in [0.15, 0.2) is 5.69 Å². The Morgan fingerprint density at radius 2 is 2.32 bits per heavy atom. The van der Waals surface area contributed by atoms with Crippen LogP contribution in [0.5, 0.6) is 0 Å². The molecule has 2 heterocycles. The first-order valence-electron chi connectivity index (χ1n) is 6.42. The lowest BCUT2D eigenvalue weighted by molar-refractivity contribution is 0.0930. The summed E-state index contributed by atoms with van der Waals surface area (Å²) in [6, 6.07) is 7.19. The van der Waals surface area contributed by atoms with E-state index in [1.807, 2.05) is 25.1 Å². The van der Waals surface area contributed by atoms with Gasteiger partial charge in [-0.2, -0.15) is 0 Å². The third-order valence-electron chi connectivity index (χ3n) is 3.22. The van der Waals surface area contributed by atoms with E-state index in [4.69, 9.17) is 4.52 Å². The lowest BCUT2D eigenvalue weighted by Crippen LogP contribution is -2.27. The van der Waals surface area contributed by atoms with E-state index in [-0.39, 0.29) is 11.9 Å². The van der Waals surface area contributed by atoms with Gasteiger partial charge in [0, 0.05) is 18.2 Å². The van der Waals surface area contributed by atoms with E-state index in [1.165, 1.54) is 0 Å². The average Bonchev–Trinajstić information content (AvgIpc) is 3.17. The van der Waals surface area contributed by atoms with E-state index in [0.717, 1.165) is 24.3 Å². The first kappa shape index (κ1) is 11.9. The van der Waals surface area contributed by atoms with E-state index in [0.29, 0.717) is 11.6 Å². The molecule has 19 heavy (non-hydrogen) atoms. The number of pyridine rings is 1. The van der Waals surface area contributed by atoms with E-state index >= 15 is 0 Å². The van der Waals surface area contributed by atoms with Crippen molar-refractivity contribution in [1.82, 2.24) is 15.5 Å². The minimum Gasteiger partial charge on any atom is -0.360 e. The molecule has 1 fully saturated rings. The Hall–Kier alpha value is -2.17. The summed E-state index contributed by atoms with van der Waals surface area (Å²) in [4.78, 5) is 16.2. The highest BCUT2D eigenvalue weighted by Crippen LogP contribution is 2.40. The van der Waals surface area contributed by atoms with Gasteiger partial charge >= 0.3 is 0 Å². The van der Waals surface area contributed by atoms with E-state index < -0.39 is 0 Å². The minimum atomic E-state index is -0.228. The van der Waals surface area contributed by atoms with Gasteiger partial charge in [0.1, 0.15) is 5.76 Å². The van der Waals surface area contributed by atoms with Crippen LogP contribution in [0.2, 0.25) is 0 Å². The topological polar surface area (TPSA) is 68.0 Å². The van der Waals surface area contributed by atoms with Crippen molar-refractivity contribution in [2.45, 2.75) is 31.7 Å². The van der Waals surface area contributed by atoms with Gasteiger partial charge in [-0.15, -0.1) is 0 Å². The highest BCUT2D eigenvalue weighted by atomic mass is 16.5. The Morgan fingerprint density at radius 1 is 1.47 bits per heavy atom. The SMILES string of the molecule is C[C@@H](NC(=O)c1cc(C2CC2)on1)c1ccccn1. The van der Waals surface area contributed by atoms with Crippen molar-refractivity contribution in [3.63, 3.8) is 0 Å². The van der Waals surface area contributed by atoms with E-state index in [1.54, 1.807) is 12.3 Å². The number of aromatic nitrogens is 2. The van der Waals surface area contributed by atoms with Gasteiger partial charge in [0.2, 0.25) is 0 Å². The molecule has 5 heteroatoms. The van der Waals surface area contributed by atoms with Crippen molar-refractivity contribution in [2.75, 3.05) is 0 Å². The number of carbonyl (C=O) groups excluding carboxylic acids is 1. The summed E-state index contributed by atoms with van der Waals surface area (Å²) in [7, 11) is 0. The largest absolute Gasteiger partial charge is 0.360 e. The Bertz CT molecular complexity index is 575. The van der Waals surface area contributed by atoms with Crippen LogP contribution in [0.25, 0.3) is 0 Å². The first-order chi connectivity index (χ1) is 9.24. The van der Waals surface area contributed by atoms with Crippen molar-refractivity contribution in [2.24, 2.45) is 0 Å². The van der Waals surface area contributed by atoms with Crippen molar-refractivity contribution < 1.29 is 9.32 Å². The highest BCUT2D eigenvalue weighted by Gasteiger charge is 2.29. The van der Waals surface area contributed by atoms with Gasteiger partial charge in [-0.25, -0.2) is 0 Å². The molecule has 0 bridgehead atoms. The number of nitrogens with one attached hydrogen (secondary N) is 1. The Labute approximate surface area is 111 Å². The maximum absolute atomic E-state index is 12.0. The quantitative estimate of drug-likeness (QED) is 0.913. The molecular weight excluding hydrogens is 242 g/mol. The predicted molar refractivity (Wildman–Crippen MR) is 68.6 cm³/mol. The maximum Gasteiger partial charge on any atom is 0.273 e. The second kappa shape index (κ2) is 4.84. The molecule has 1 amide bonds. The van der Waals surface area contributed by atoms with Gasteiger partial charge in [0.05, 0.1) is 11.7 Å². The summed E-state index contributed by atoms with van der Waals surface area (Å²) in [5.41, 5.74) is 1.16. The third kappa shape index (κ3) is 2.65. The molecule has 3 rings (SSSR count). The molecule has 1 aliphatic rings. The van der Waals surface area contributed by atoms with Crippen molar-refractivity contribution >= 4 is 5.91 Å². The molecule has 0 saturated heterocycles. The number of hydrogen-bond acceptors (Lipinski definition) is 4. The van der Waals surface area contributed by atoms with Gasteiger partial charge < -0.3 is 9.84 Å². The number of carbonyl (C=O) groups is 1. The molecule has 2 aromatic heterocycles. The molecule has 1 saturated carbocycles. The van der Waals surface area contributed by atoms with Crippen LogP contribution in [0.3, 0.4) is 0 Å². The molecule has 1 aliphatic carbocycles. The van der Waals surface area contributed by atoms with E-state index in [9.17, 15) is 4.79 Å². The standard InChI is InChI=1S/C14H15N3O2/c1-9(11-4-2-3-7-15-11)16-14(18)12-8-13(19-17-12)10-5-6-10/h2-4,7-10H,5-6H2,1H3,(H,16,18)/t9-/m1/s1. The van der Waals surface area contributed by atoms with Crippen LogP contribution in [-0.2, 0) is 0 Å². The number of rotatable bonds is 4. The molecule has 0 radical (unpaired) electrons. The Morgan fingerprint density at radius 3 is 3.00 bits per heavy atom. The van der Waals surface area contributed by atoms with Crippen molar-refractivity contribution in [3.05, 3.63) is 47.6 Å². The van der Waals surface area contributed by atoms with Crippen molar-refractivity contribution in [3.8, 4) is 0 Å². The molecule has 0 aliphatic heterocycles. The van der Waals surface area contributed by atoms with Gasteiger partial charge in [-0.3, -0.25) is 9.78 Å². The summed E-state index contributed by atoms with van der Waals surface area (Å²) in [6.07, 6.45) is 3.96. The zero-order valence-electron chi connectivity index (χ0n) is 10.7. The fourth-order valence-electron chi connectivity index (χ4n) is 1.93. The summed E-state index contributed by atoms with van der Waals surface area (Å²) < 4.78 is 5.17. The van der Waals surface area contributed by atoms with Gasteiger partial charge in [-0.1, -0.05) is 11.2 Å². The molecular formula is C14H15N3O2. The zero-order chi connectivity index (χ0) is 13.2. The monoisotopic (exact) mass is 257 g/mol. The average molecular weight is 257 g/mol. The molecule has 0 aromatic carbocycles. The summed E-state index contributed by atoms with van der Waals surface area (Å²) >= 11 is 0. The number of amides is 1. The lowest BCUT2D eigenvalue weighted by atomic mass is 10.2. The first-order valence-corrected chi connectivity index (χ1v) is 6.42. The zero-order valence-corrected chi connectivity index (χ0v) is 10.7. The summed E-state index contributed by atoms with van der Waals surface area (Å²) in [6.45, 7) is 1.89. The highest BCUT2D eigenvalue weighted by molar-refractivity contribution is 5.92. The van der Waals surface area contributed by atoms with Crippen LogP contribution in [0.1, 0.15) is 53.7 Å². The number of hydrogen-bond donors (Lipinski definition) is 1.